The molecule has 0 heterocycles. The van der Waals surface area contributed by atoms with E-state index < -0.39 is 4.92 Å². The fraction of sp³-hybridized carbons (Fsp3) is 0. The molecule has 6 heteroatoms. The number of carbonyl (C=O) groups is 1. The molecule has 2 rings (SSSR count). The lowest BCUT2D eigenvalue weighted by molar-refractivity contribution is -0.384. The van der Waals surface area contributed by atoms with Gasteiger partial charge in [0.1, 0.15) is 0 Å². The smallest absolute Gasteiger partial charge is 0.270 e. The topological polar surface area (TPSA) is 60.2 Å². The molecule has 2 aromatic carbocycles. The van der Waals surface area contributed by atoms with Crippen LogP contribution < -0.4 is 0 Å². The Balaban J connectivity index is 2.22. The molecular weight excluding hydrogens is 313 g/mol. The quantitative estimate of drug-likeness (QED) is 0.352. The number of ketones is 1. The van der Waals surface area contributed by atoms with Crippen LogP contribution >= 0.6 is 23.2 Å². The van der Waals surface area contributed by atoms with E-state index >= 15 is 0 Å². The highest BCUT2D eigenvalue weighted by molar-refractivity contribution is 6.37. The standard InChI is InChI=1S/C15H9Cl2NO3/c16-11-5-6-13(14(17)9-11)15(19)7-4-10-2-1-3-12(8-10)18(20)21/h1-9H/b7-4+. The van der Waals surface area contributed by atoms with Crippen molar-refractivity contribution in [3.05, 3.63) is 79.8 Å². The number of nitro groups is 1. The summed E-state index contributed by atoms with van der Waals surface area (Å²) in [5, 5.41) is 11.4. The van der Waals surface area contributed by atoms with Crippen molar-refractivity contribution in [2.75, 3.05) is 0 Å². The van der Waals surface area contributed by atoms with Crippen LogP contribution in [0.3, 0.4) is 0 Å². The van der Waals surface area contributed by atoms with Gasteiger partial charge in [-0.3, -0.25) is 14.9 Å². The van der Waals surface area contributed by atoms with E-state index in [2.05, 4.69) is 0 Å². The summed E-state index contributed by atoms with van der Waals surface area (Å²) in [5.74, 6) is -0.303. The highest BCUT2D eigenvalue weighted by Gasteiger charge is 2.08. The molecule has 0 radical (unpaired) electrons. The van der Waals surface area contributed by atoms with Crippen LogP contribution in [-0.4, -0.2) is 10.7 Å². The molecule has 0 saturated heterocycles. The largest absolute Gasteiger partial charge is 0.289 e. The monoisotopic (exact) mass is 321 g/mol. The summed E-state index contributed by atoms with van der Waals surface area (Å²) in [4.78, 5) is 22.2. The Morgan fingerprint density at radius 2 is 1.90 bits per heavy atom. The summed E-state index contributed by atoms with van der Waals surface area (Å²) in [6.45, 7) is 0. The molecule has 0 amide bonds. The zero-order valence-corrected chi connectivity index (χ0v) is 12.1. The number of rotatable bonds is 4. The zero-order valence-electron chi connectivity index (χ0n) is 10.6. The van der Waals surface area contributed by atoms with Crippen molar-refractivity contribution in [2.45, 2.75) is 0 Å². The maximum atomic E-state index is 12.0. The van der Waals surface area contributed by atoms with Crippen molar-refractivity contribution >= 4 is 40.7 Å². The first-order chi connectivity index (χ1) is 9.97. The Kier molecular flexibility index (Phi) is 4.73. The van der Waals surface area contributed by atoms with Crippen molar-refractivity contribution < 1.29 is 9.72 Å². The van der Waals surface area contributed by atoms with Crippen LogP contribution in [0.25, 0.3) is 6.08 Å². The number of hydrogen-bond acceptors (Lipinski definition) is 3. The summed E-state index contributed by atoms with van der Waals surface area (Å²) in [6, 6.07) is 10.6. The van der Waals surface area contributed by atoms with Crippen LogP contribution in [-0.2, 0) is 0 Å². The highest BCUT2D eigenvalue weighted by atomic mass is 35.5. The van der Waals surface area contributed by atoms with Gasteiger partial charge in [0.15, 0.2) is 5.78 Å². The molecule has 0 fully saturated rings. The minimum absolute atomic E-state index is 0.0332. The normalized spacial score (nSPS) is 10.8. The summed E-state index contributed by atoms with van der Waals surface area (Å²) in [7, 11) is 0. The fourth-order valence-electron chi connectivity index (χ4n) is 1.69. The summed E-state index contributed by atoms with van der Waals surface area (Å²) in [5.41, 5.74) is 0.847. The SMILES string of the molecule is O=C(/C=C/c1cccc([N+](=O)[O-])c1)c1ccc(Cl)cc1Cl. The number of benzene rings is 2. The van der Waals surface area contributed by atoms with Crippen molar-refractivity contribution in [3.8, 4) is 0 Å². The number of nitrogens with zero attached hydrogens (tertiary/aromatic N) is 1. The number of non-ortho nitro benzene ring substituents is 1. The van der Waals surface area contributed by atoms with Crippen molar-refractivity contribution in [1.82, 2.24) is 0 Å². The van der Waals surface area contributed by atoms with E-state index in [1.165, 1.54) is 36.4 Å². The third-order valence-corrected chi connectivity index (χ3v) is 3.25. The molecule has 0 aliphatic heterocycles. The molecule has 0 unspecified atom stereocenters. The van der Waals surface area contributed by atoms with Gasteiger partial charge in [-0.15, -0.1) is 0 Å². The van der Waals surface area contributed by atoms with E-state index in [9.17, 15) is 14.9 Å². The molecule has 0 spiro atoms. The highest BCUT2D eigenvalue weighted by Crippen LogP contribution is 2.22. The lowest BCUT2D eigenvalue weighted by Gasteiger charge is -2.00. The summed E-state index contributed by atoms with van der Waals surface area (Å²) in [6.07, 6.45) is 2.81. The third-order valence-electron chi connectivity index (χ3n) is 2.70. The van der Waals surface area contributed by atoms with Gasteiger partial charge in [-0.05, 0) is 29.8 Å². The minimum atomic E-state index is -0.491. The molecule has 4 nitrogen and oxygen atoms in total. The molecule has 0 atom stereocenters. The molecule has 0 N–H and O–H groups in total. The average Bonchev–Trinajstić information content (AvgIpc) is 2.45. The zero-order chi connectivity index (χ0) is 15.4. The number of nitro benzene ring substituents is 1. The molecule has 0 saturated carbocycles. The second-order valence-corrected chi connectivity index (χ2v) is 5.02. The molecule has 2 aromatic rings. The van der Waals surface area contributed by atoms with Gasteiger partial charge in [-0.2, -0.15) is 0 Å². The Morgan fingerprint density at radius 3 is 2.57 bits per heavy atom. The first kappa shape index (κ1) is 15.2. The second-order valence-electron chi connectivity index (χ2n) is 4.17. The van der Waals surface area contributed by atoms with Crippen LogP contribution in [0.2, 0.25) is 10.0 Å². The van der Waals surface area contributed by atoms with E-state index in [1.807, 2.05) is 0 Å². The van der Waals surface area contributed by atoms with Crippen LogP contribution in [0.4, 0.5) is 5.69 Å². The maximum Gasteiger partial charge on any atom is 0.270 e. The van der Waals surface area contributed by atoms with Gasteiger partial charge in [0.25, 0.3) is 5.69 Å². The van der Waals surface area contributed by atoms with Gasteiger partial charge >= 0.3 is 0 Å². The summed E-state index contributed by atoms with van der Waals surface area (Å²) >= 11 is 11.7. The van der Waals surface area contributed by atoms with Crippen molar-refractivity contribution in [2.24, 2.45) is 0 Å². The molecule has 106 valence electrons. The van der Waals surface area contributed by atoms with Gasteiger partial charge in [-0.1, -0.05) is 41.4 Å². The van der Waals surface area contributed by atoms with E-state index in [0.29, 0.717) is 16.1 Å². The Hall–Kier alpha value is -2.17. The van der Waals surface area contributed by atoms with Crippen LogP contribution in [0, 0.1) is 10.1 Å². The third kappa shape index (κ3) is 3.90. The molecular formula is C15H9Cl2NO3. The molecule has 21 heavy (non-hydrogen) atoms. The van der Waals surface area contributed by atoms with Crippen LogP contribution in [0.15, 0.2) is 48.5 Å². The first-order valence-corrected chi connectivity index (χ1v) is 6.65. The maximum absolute atomic E-state index is 12.0. The summed E-state index contributed by atoms with van der Waals surface area (Å²) < 4.78 is 0. The van der Waals surface area contributed by atoms with E-state index in [1.54, 1.807) is 18.2 Å². The molecule has 0 aromatic heterocycles. The Bertz CT molecular complexity index is 741. The molecule has 0 bridgehead atoms. The Morgan fingerprint density at radius 1 is 1.14 bits per heavy atom. The van der Waals surface area contributed by atoms with Crippen LogP contribution in [0.5, 0.6) is 0 Å². The first-order valence-electron chi connectivity index (χ1n) is 5.89. The van der Waals surface area contributed by atoms with E-state index in [-0.39, 0.29) is 16.5 Å². The van der Waals surface area contributed by atoms with Gasteiger partial charge in [0.2, 0.25) is 0 Å². The lowest BCUT2D eigenvalue weighted by Crippen LogP contribution is -1.95. The van der Waals surface area contributed by atoms with Crippen molar-refractivity contribution in [3.63, 3.8) is 0 Å². The van der Waals surface area contributed by atoms with Gasteiger partial charge in [-0.25, -0.2) is 0 Å². The van der Waals surface area contributed by atoms with Crippen LogP contribution in [0.1, 0.15) is 15.9 Å². The van der Waals surface area contributed by atoms with Gasteiger partial charge < -0.3 is 0 Å². The minimum Gasteiger partial charge on any atom is -0.289 e. The predicted octanol–water partition coefficient (Wildman–Crippen LogP) is 4.80. The number of allylic oxidation sites excluding steroid dienone is 1. The van der Waals surface area contributed by atoms with Gasteiger partial charge in [0.05, 0.1) is 9.95 Å². The lowest BCUT2D eigenvalue weighted by atomic mass is 10.1. The van der Waals surface area contributed by atoms with Gasteiger partial charge in [0, 0.05) is 22.7 Å². The number of hydrogen-bond donors (Lipinski definition) is 0. The second kappa shape index (κ2) is 6.52. The number of carbonyl (C=O) groups excluding carboxylic acids is 1. The molecule has 0 aliphatic rings. The van der Waals surface area contributed by atoms with E-state index in [0.717, 1.165) is 0 Å². The van der Waals surface area contributed by atoms with E-state index in [4.69, 9.17) is 23.2 Å². The predicted molar refractivity (Wildman–Crippen MR) is 82.9 cm³/mol. The number of halogens is 2. The fourth-order valence-corrected chi connectivity index (χ4v) is 2.19. The van der Waals surface area contributed by atoms with Crippen molar-refractivity contribution in [1.29, 1.82) is 0 Å². The Labute approximate surface area is 130 Å². The average molecular weight is 322 g/mol. The molecule has 0 aliphatic carbocycles.